The molecule has 0 unspecified atom stereocenters. The number of aliphatic hydroxyl groups excluding tert-OH is 1. The Morgan fingerprint density at radius 1 is 1.02 bits per heavy atom. The number of imide groups is 1. The van der Waals surface area contributed by atoms with Crippen LogP contribution in [0.1, 0.15) is 38.7 Å². The largest absolute Gasteiger partial charge is 0.392 e. The van der Waals surface area contributed by atoms with Gasteiger partial charge in [0.25, 0.3) is 11.8 Å². The smallest absolute Gasteiger partial charge is 0.312 e. The Morgan fingerprint density at radius 3 is 2.24 bits per heavy atom. The highest BCUT2D eigenvalue weighted by atomic mass is 16.5. The van der Waals surface area contributed by atoms with E-state index in [0.29, 0.717) is 17.7 Å². The van der Waals surface area contributed by atoms with E-state index in [2.05, 4.69) is 21.3 Å². The van der Waals surface area contributed by atoms with E-state index in [4.69, 9.17) is 10.5 Å². The maximum absolute atomic E-state index is 13.5. The van der Waals surface area contributed by atoms with Crippen molar-refractivity contribution in [1.82, 2.24) is 25.8 Å². The summed E-state index contributed by atoms with van der Waals surface area (Å²) in [4.78, 5) is 90.8. The molecule has 2 heterocycles. The fourth-order valence-electron chi connectivity index (χ4n) is 5.23. The Labute approximate surface area is 266 Å². The van der Waals surface area contributed by atoms with Gasteiger partial charge in [-0.1, -0.05) is 26.0 Å². The molecule has 4 atom stereocenters. The molecule has 1 fully saturated rings. The minimum atomic E-state index is -1.10. The molecular formula is C30H41N7O9. The number of nitrogens with zero attached hydrogens (tertiary/aromatic N) is 2. The van der Waals surface area contributed by atoms with E-state index in [1.165, 1.54) is 12.0 Å². The summed E-state index contributed by atoms with van der Waals surface area (Å²) in [6.45, 7) is 2.97. The number of benzene rings is 1. The van der Waals surface area contributed by atoms with Crippen molar-refractivity contribution in [2.24, 2.45) is 11.7 Å². The van der Waals surface area contributed by atoms with Crippen LogP contribution in [0.5, 0.6) is 0 Å². The number of aliphatic hydroxyl groups is 1. The van der Waals surface area contributed by atoms with Gasteiger partial charge in [-0.25, -0.2) is 4.79 Å². The van der Waals surface area contributed by atoms with Crippen molar-refractivity contribution in [2.45, 2.75) is 63.9 Å². The summed E-state index contributed by atoms with van der Waals surface area (Å²) in [5.41, 5.74) is 6.19. The SMILES string of the molecule is COC[C@@H]1C[C@H](N2C(=O)C=CC2=O)C(=O)N1CC(=O)N[C@H](C(=O)N[C@@H](CCCNC(N)=O)C(=O)Nc1ccc(CO)cc1)C(C)C. The minimum Gasteiger partial charge on any atom is -0.392 e. The van der Waals surface area contributed by atoms with Gasteiger partial charge in [0.15, 0.2) is 0 Å². The third-order valence-electron chi connectivity index (χ3n) is 7.60. The molecular weight excluding hydrogens is 602 g/mol. The zero-order valence-corrected chi connectivity index (χ0v) is 26.0. The van der Waals surface area contributed by atoms with Crippen LogP contribution < -0.4 is 27.0 Å². The van der Waals surface area contributed by atoms with Crippen LogP contribution in [0, 0.1) is 5.92 Å². The summed E-state index contributed by atoms with van der Waals surface area (Å²) in [6, 6.07) is 1.87. The lowest BCUT2D eigenvalue weighted by molar-refractivity contribution is -0.147. The molecule has 250 valence electrons. The molecule has 0 spiro atoms. The van der Waals surface area contributed by atoms with E-state index >= 15 is 0 Å². The van der Waals surface area contributed by atoms with Gasteiger partial charge in [0, 0.05) is 37.9 Å². The second kappa shape index (κ2) is 16.5. The Morgan fingerprint density at radius 2 is 1.67 bits per heavy atom. The van der Waals surface area contributed by atoms with Crippen molar-refractivity contribution in [3.8, 4) is 0 Å². The molecule has 0 aliphatic carbocycles. The first-order chi connectivity index (χ1) is 21.9. The molecule has 3 rings (SSSR count). The summed E-state index contributed by atoms with van der Waals surface area (Å²) in [5, 5.41) is 19.7. The first-order valence-corrected chi connectivity index (χ1v) is 14.8. The van der Waals surface area contributed by atoms with Gasteiger partial charge in [0.2, 0.25) is 23.6 Å². The van der Waals surface area contributed by atoms with Gasteiger partial charge in [0.1, 0.15) is 18.1 Å². The monoisotopic (exact) mass is 643 g/mol. The standard InChI is InChI=1S/C30H41N7O9/c1-17(2)26(35-23(39)14-36-20(16-46-3)13-22(29(36)44)37-24(40)10-11-25(37)41)28(43)34-21(5-4-12-32-30(31)45)27(42)33-19-8-6-18(15-38)7-9-19/h6-11,17,20-22,26,38H,4-5,12-16H2,1-3H3,(H,33,42)(H,34,43)(H,35,39)(H3,31,32,45)/t20-,21-,22-,26-/m0/s1. The van der Waals surface area contributed by atoms with E-state index in [-0.39, 0.29) is 32.6 Å². The molecule has 1 aromatic rings. The molecule has 0 saturated carbocycles. The highest BCUT2D eigenvalue weighted by Crippen LogP contribution is 2.26. The van der Waals surface area contributed by atoms with Crippen LogP contribution in [0.4, 0.5) is 10.5 Å². The van der Waals surface area contributed by atoms with Crippen molar-refractivity contribution < 1.29 is 43.4 Å². The van der Waals surface area contributed by atoms with Gasteiger partial charge in [0.05, 0.1) is 25.8 Å². The van der Waals surface area contributed by atoms with Crippen molar-refractivity contribution in [3.63, 3.8) is 0 Å². The average molecular weight is 644 g/mol. The van der Waals surface area contributed by atoms with E-state index in [1.807, 2.05) is 0 Å². The summed E-state index contributed by atoms with van der Waals surface area (Å²) in [6.07, 6.45) is 2.65. The maximum atomic E-state index is 13.5. The van der Waals surface area contributed by atoms with Crippen LogP contribution in [-0.2, 0) is 40.1 Å². The fraction of sp³-hybridized carbons (Fsp3) is 0.500. The number of carbonyl (C=O) groups excluding carboxylic acids is 7. The van der Waals surface area contributed by atoms with Gasteiger partial charge in [-0.3, -0.25) is 33.7 Å². The van der Waals surface area contributed by atoms with Gasteiger partial charge < -0.3 is 41.7 Å². The quantitative estimate of drug-likeness (QED) is 0.0931. The number of urea groups is 1. The molecule has 2 aliphatic rings. The second-order valence-electron chi connectivity index (χ2n) is 11.3. The molecule has 8 amide bonds. The summed E-state index contributed by atoms with van der Waals surface area (Å²) >= 11 is 0. The van der Waals surface area contributed by atoms with E-state index in [9.17, 15) is 38.7 Å². The third kappa shape index (κ3) is 9.34. The zero-order chi connectivity index (χ0) is 34.0. The van der Waals surface area contributed by atoms with E-state index in [1.54, 1.807) is 38.1 Å². The Bertz CT molecular complexity index is 1330. The van der Waals surface area contributed by atoms with Crippen molar-refractivity contribution in [2.75, 3.05) is 32.1 Å². The number of anilines is 1. The molecule has 7 N–H and O–H groups in total. The van der Waals surface area contributed by atoms with Gasteiger partial charge in [-0.15, -0.1) is 0 Å². The lowest BCUT2D eigenvalue weighted by Crippen LogP contribution is -2.56. The molecule has 0 radical (unpaired) electrons. The number of ether oxygens (including phenoxy) is 1. The van der Waals surface area contributed by atoms with E-state index in [0.717, 1.165) is 17.1 Å². The normalized spacial score (nSPS) is 18.9. The van der Waals surface area contributed by atoms with Crippen LogP contribution in [-0.4, -0.2) is 107 Å². The number of nitrogens with two attached hydrogens (primary N) is 1. The van der Waals surface area contributed by atoms with Crippen LogP contribution in [0.3, 0.4) is 0 Å². The number of nitrogens with one attached hydrogen (secondary N) is 4. The minimum absolute atomic E-state index is 0.0530. The Kier molecular flexibility index (Phi) is 12.8. The number of carbonyl (C=O) groups is 7. The number of rotatable bonds is 16. The topological polar surface area (TPSA) is 230 Å². The molecule has 0 bridgehead atoms. The van der Waals surface area contributed by atoms with Gasteiger partial charge in [-0.05, 0) is 36.5 Å². The third-order valence-corrected chi connectivity index (χ3v) is 7.60. The average Bonchev–Trinajstić information content (AvgIpc) is 3.49. The lowest BCUT2D eigenvalue weighted by Gasteiger charge is -2.28. The summed E-state index contributed by atoms with van der Waals surface area (Å²) in [7, 11) is 1.42. The van der Waals surface area contributed by atoms with Gasteiger partial charge in [-0.2, -0.15) is 0 Å². The number of amides is 8. The predicted molar refractivity (Wildman–Crippen MR) is 163 cm³/mol. The number of likely N-dealkylation sites (tertiary alicyclic amines) is 1. The van der Waals surface area contributed by atoms with Crippen LogP contribution in [0.15, 0.2) is 36.4 Å². The van der Waals surface area contributed by atoms with E-state index < -0.39 is 78.1 Å². The molecule has 46 heavy (non-hydrogen) atoms. The number of hydrogen-bond acceptors (Lipinski definition) is 9. The molecule has 1 aromatic carbocycles. The highest BCUT2D eigenvalue weighted by Gasteiger charge is 2.47. The summed E-state index contributed by atoms with van der Waals surface area (Å²) in [5.74, 6) is -4.13. The highest BCUT2D eigenvalue weighted by molar-refractivity contribution is 6.15. The Balaban J connectivity index is 1.69. The number of methoxy groups -OCH3 is 1. The van der Waals surface area contributed by atoms with Crippen LogP contribution in [0.2, 0.25) is 0 Å². The van der Waals surface area contributed by atoms with Gasteiger partial charge >= 0.3 is 6.03 Å². The maximum Gasteiger partial charge on any atom is 0.312 e. The summed E-state index contributed by atoms with van der Waals surface area (Å²) < 4.78 is 5.21. The van der Waals surface area contributed by atoms with Crippen LogP contribution in [0.25, 0.3) is 0 Å². The number of primary amides is 1. The lowest BCUT2D eigenvalue weighted by atomic mass is 10.0. The fourth-order valence-corrected chi connectivity index (χ4v) is 5.23. The molecule has 1 saturated heterocycles. The second-order valence-corrected chi connectivity index (χ2v) is 11.3. The predicted octanol–water partition coefficient (Wildman–Crippen LogP) is -1.27. The Hall–Kier alpha value is -4.83. The van der Waals surface area contributed by atoms with Crippen molar-refractivity contribution in [3.05, 3.63) is 42.0 Å². The van der Waals surface area contributed by atoms with Crippen LogP contribution >= 0.6 is 0 Å². The molecule has 2 aliphatic heterocycles. The van der Waals surface area contributed by atoms with Crippen molar-refractivity contribution >= 4 is 47.2 Å². The zero-order valence-electron chi connectivity index (χ0n) is 26.0. The first kappa shape index (κ1) is 35.6. The molecule has 16 heteroatoms. The van der Waals surface area contributed by atoms with Crippen molar-refractivity contribution in [1.29, 1.82) is 0 Å². The molecule has 16 nitrogen and oxygen atoms in total. The molecule has 0 aromatic heterocycles. The first-order valence-electron chi connectivity index (χ1n) is 14.8. The number of hydrogen-bond donors (Lipinski definition) is 6.